The second-order valence-electron chi connectivity index (χ2n) is 5.65. The summed E-state index contributed by atoms with van der Waals surface area (Å²) >= 11 is 0. The first-order chi connectivity index (χ1) is 10.2. The summed E-state index contributed by atoms with van der Waals surface area (Å²) in [6, 6.07) is 8.07. The topological polar surface area (TPSA) is 58.4 Å². The minimum Gasteiger partial charge on any atom is -0.396 e. The number of aliphatic hydroxyl groups is 1. The van der Waals surface area contributed by atoms with Crippen LogP contribution in [0.3, 0.4) is 0 Å². The largest absolute Gasteiger partial charge is 0.396 e. The highest BCUT2D eigenvalue weighted by molar-refractivity contribution is 6.05. The lowest BCUT2D eigenvalue weighted by molar-refractivity contribution is 0.0719. The summed E-state index contributed by atoms with van der Waals surface area (Å²) in [4.78, 5) is 14.8. The van der Waals surface area contributed by atoms with Crippen molar-refractivity contribution in [2.24, 2.45) is 7.05 Å². The van der Waals surface area contributed by atoms with Gasteiger partial charge in [-0.2, -0.15) is 5.10 Å². The van der Waals surface area contributed by atoms with E-state index in [9.17, 15) is 4.79 Å². The summed E-state index contributed by atoms with van der Waals surface area (Å²) < 4.78 is 1.77. The molecule has 3 rings (SSSR count). The molecular formula is C16H21N3O2. The normalized spacial score (nSPS) is 18.6. The van der Waals surface area contributed by atoms with Gasteiger partial charge in [0.1, 0.15) is 0 Å². The van der Waals surface area contributed by atoms with Crippen LogP contribution in [-0.4, -0.2) is 44.9 Å². The van der Waals surface area contributed by atoms with E-state index < -0.39 is 0 Å². The highest BCUT2D eigenvalue weighted by Gasteiger charge is 2.31. The summed E-state index contributed by atoms with van der Waals surface area (Å²) in [5, 5.41) is 14.3. The molecule has 1 fully saturated rings. The van der Waals surface area contributed by atoms with Crippen LogP contribution in [-0.2, 0) is 7.05 Å². The lowest BCUT2D eigenvalue weighted by Crippen LogP contribution is -2.36. The Bertz CT molecular complexity index is 650. The molecule has 1 aromatic heterocycles. The first kappa shape index (κ1) is 14.1. The molecule has 0 radical (unpaired) electrons. The molecule has 1 saturated heterocycles. The average Bonchev–Trinajstić information content (AvgIpc) is 3.10. The van der Waals surface area contributed by atoms with E-state index in [1.54, 1.807) is 4.68 Å². The predicted octanol–water partition coefficient (Wildman–Crippen LogP) is 1.95. The molecule has 1 amide bonds. The van der Waals surface area contributed by atoms with Crippen LogP contribution in [0.15, 0.2) is 24.3 Å². The molecule has 0 spiro atoms. The van der Waals surface area contributed by atoms with E-state index in [1.807, 2.05) is 36.2 Å². The zero-order valence-electron chi connectivity index (χ0n) is 12.3. The van der Waals surface area contributed by atoms with Gasteiger partial charge in [-0.1, -0.05) is 18.2 Å². The van der Waals surface area contributed by atoms with Crippen molar-refractivity contribution in [1.29, 1.82) is 0 Å². The molecule has 112 valence electrons. The first-order valence-corrected chi connectivity index (χ1v) is 7.56. The lowest BCUT2D eigenvalue weighted by atomic mass is 10.1. The van der Waals surface area contributed by atoms with E-state index >= 15 is 0 Å². The van der Waals surface area contributed by atoms with Gasteiger partial charge in [-0.05, 0) is 31.7 Å². The third-order valence-electron chi connectivity index (χ3n) is 4.29. The highest BCUT2D eigenvalue weighted by atomic mass is 16.3. The van der Waals surface area contributed by atoms with Crippen molar-refractivity contribution in [3.63, 3.8) is 0 Å². The van der Waals surface area contributed by atoms with Crippen molar-refractivity contribution in [2.45, 2.75) is 31.7 Å². The number of benzene rings is 1. The van der Waals surface area contributed by atoms with E-state index in [0.29, 0.717) is 5.69 Å². The third-order valence-corrected chi connectivity index (χ3v) is 4.29. The molecule has 1 N–H and O–H groups in total. The summed E-state index contributed by atoms with van der Waals surface area (Å²) in [5.41, 5.74) is 1.52. The molecular weight excluding hydrogens is 266 g/mol. The van der Waals surface area contributed by atoms with Crippen LogP contribution in [0.25, 0.3) is 10.9 Å². The van der Waals surface area contributed by atoms with Crippen LogP contribution in [0, 0.1) is 0 Å². The maximum Gasteiger partial charge on any atom is 0.275 e. The second-order valence-corrected chi connectivity index (χ2v) is 5.65. The summed E-state index contributed by atoms with van der Waals surface area (Å²) in [7, 11) is 1.87. The van der Waals surface area contributed by atoms with Crippen molar-refractivity contribution in [3.8, 4) is 0 Å². The standard InChI is InChI=1S/C16H21N3O2/c1-18-14-9-3-2-8-13(14)15(17-18)16(21)19-10-4-6-12(19)7-5-11-20/h2-3,8-9,12,20H,4-7,10-11H2,1H3. The number of carbonyl (C=O) groups excluding carboxylic acids is 1. The molecule has 1 aliphatic rings. The van der Waals surface area contributed by atoms with Crippen molar-refractivity contribution >= 4 is 16.8 Å². The number of nitrogens with zero attached hydrogens (tertiary/aromatic N) is 3. The van der Waals surface area contributed by atoms with E-state index in [2.05, 4.69) is 5.10 Å². The van der Waals surface area contributed by atoms with Gasteiger partial charge in [0.15, 0.2) is 5.69 Å². The Morgan fingerprint density at radius 2 is 2.24 bits per heavy atom. The number of para-hydroxylation sites is 1. The monoisotopic (exact) mass is 287 g/mol. The summed E-state index contributed by atoms with van der Waals surface area (Å²) in [5.74, 6) is 0.0206. The van der Waals surface area contributed by atoms with Crippen molar-refractivity contribution < 1.29 is 9.90 Å². The van der Waals surface area contributed by atoms with Crippen LogP contribution in [0.4, 0.5) is 0 Å². The van der Waals surface area contributed by atoms with Gasteiger partial charge in [-0.25, -0.2) is 0 Å². The number of carbonyl (C=O) groups is 1. The van der Waals surface area contributed by atoms with Gasteiger partial charge in [-0.15, -0.1) is 0 Å². The molecule has 1 aromatic carbocycles. The number of hydrogen-bond donors (Lipinski definition) is 1. The first-order valence-electron chi connectivity index (χ1n) is 7.56. The molecule has 2 aromatic rings. The molecule has 5 heteroatoms. The van der Waals surface area contributed by atoms with E-state index in [1.165, 1.54) is 0 Å². The average molecular weight is 287 g/mol. The minimum absolute atomic E-state index is 0.0206. The summed E-state index contributed by atoms with van der Waals surface area (Å²) in [6.45, 7) is 0.977. The van der Waals surface area contributed by atoms with Crippen LogP contribution >= 0.6 is 0 Å². The fraction of sp³-hybridized carbons (Fsp3) is 0.500. The molecule has 1 aliphatic heterocycles. The van der Waals surface area contributed by atoms with Crippen LogP contribution < -0.4 is 0 Å². The molecule has 1 atom stereocenters. The number of hydrogen-bond acceptors (Lipinski definition) is 3. The number of likely N-dealkylation sites (tertiary alicyclic amines) is 1. The van der Waals surface area contributed by atoms with Gasteiger partial charge in [0.25, 0.3) is 5.91 Å². The van der Waals surface area contributed by atoms with Gasteiger partial charge >= 0.3 is 0 Å². The molecule has 1 unspecified atom stereocenters. The molecule has 21 heavy (non-hydrogen) atoms. The zero-order valence-corrected chi connectivity index (χ0v) is 12.3. The number of aliphatic hydroxyl groups excluding tert-OH is 1. The Hall–Kier alpha value is -1.88. The number of amides is 1. The number of aromatic nitrogens is 2. The van der Waals surface area contributed by atoms with Gasteiger partial charge in [0.05, 0.1) is 5.52 Å². The second kappa shape index (κ2) is 5.85. The number of aryl methyl sites for hydroxylation is 1. The zero-order chi connectivity index (χ0) is 14.8. The molecule has 5 nitrogen and oxygen atoms in total. The van der Waals surface area contributed by atoms with Gasteiger partial charge < -0.3 is 10.0 Å². The van der Waals surface area contributed by atoms with E-state index in [4.69, 9.17) is 5.11 Å². The van der Waals surface area contributed by atoms with Crippen molar-refractivity contribution in [1.82, 2.24) is 14.7 Å². The van der Waals surface area contributed by atoms with Crippen LogP contribution in [0.1, 0.15) is 36.2 Å². The van der Waals surface area contributed by atoms with Crippen molar-refractivity contribution in [2.75, 3.05) is 13.2 Å². The third kappa shape index (κ3) is 2.53. The maximum atomic E-state index is 12.8. The highest BCUT2D eigenvalue weighted by Crippen LogP contribution is 2.26. The SMILES string of the molecule is Cn1nc(C(=O)N2CCCC2CCCO)c2ccccc21. The van der Waals surface area contributed by atoms with Gasteiger partial charge in [-0.3, -0.25) is 9.48 Å². The molecule has 2 heterocycles. The van der Waals surface area contributed by atoms with E-state index in [-0.39, 0.29) is 18.6 Å². The number of fused-ring (bicyclic) bond motifs is 1. The Morgan fingerprint density at radius 1 is 1.43 bits per heavy atom. The number of rotatable bonds is 4. The fourth-order valence-electron chi connectivity index (χ4n) is 3.24. The van der Waals surface area contributed by atoms with Gasteiger partial charge in [0.2, 0.25) is 0 Å². The Kier molecular flexibility index (Phi) is 3.92. The smallest absolute Gasteiger partial charge is 0.275 e. The lowest BCUT2D eigenvalue weighted by Gasteiger charge is -2.23. The molecule has 0 aliphatic carbocycles. The van der Waals surface area contributed by atoms with Crippen molar-refractivity contribution in [3.05, 3.63) is 30.0 Å². The van der Waals surface area contributed by atoms with Gasteiger partial charge in [0, 0.05) is 31.6 Å². The van der Waals surface area contributed by atoms with Crippen LogP contribution in [0.5, 0.6) is 0 Å². The summed E-state index contributed by atoms with van der Waals surface area (Å²) in [6.07, 6.45) is 3.67. The predicted molar refractivity (Wildman–Crippen MR) is 81.1 cm³/mol. The van der Waals surface area contributed by atoms with Crippen LogP contribution in [0.2, 0.25) is 0 Å². The Labute approximate surface area is 124 Å². The molecule has 0 bridgehead atoms. The van der Waals surface area contributed by atoms with E-state index in [0.717, 1.165) is 43.1 Å². The quantitative estimate of drug-likeness (QED) is 0.935. The minimum atomic E-state index is 0.0206. The molecule has 0 saturated carbocycles. The maximum absolute atomic E-state index is 12.8. The Morgan fingerprint density at radius 3 is 3.05 bits per heavy atom. The Balaban J connectivity index is 1.89. The fourth-order valence-corrected chi connectivity index (χ4v) is 3.24.